The molecule has 1 aliphatic carbocycles. The predicted octanol–water partition coefficient (Wildman–Crippen LogP) is 4.52. The van der Waals surface area contributed by atoms with Crippen LogP contribution >= 0.6 is 11.3 Å². The highest BCUT2D eigenvalue weighted by Gasteiger charge is 2.48. The van der Waals surface area contributed by atoms with Crippen molar-refractivity contribution in [2.45, 2.75) is 39.3 Å². The average Bonchev–Trinajstić information content (AvgIpc) is 2.85. The summed E-state index contributed by atoms with van der Waals surface area (Å²) in [5.41, 5.74) is 1.43. The van der Waals surface area contributed by atoms with Gasteiger partial charge >= 0.3 is 0 Å². The van der Waals surface area contributed by atoms with E-state index >= 15 is 0 Å². The Kier molecular flexibility index (Phi) is 3.27. The second kappa shape index (κ2) is 4.80. The lowest BCUT2D eigenvalue weighted by molar-refractivity contribution is -0.0975. The Morgan fingerprint density at radius 3 is 2.95 bits per heavy atom. The van der Waals surface area contributed by atoms with Crippen molar-refractivity contribution in [3.8, 4) is 0 Å². The molecule has 2 atom stereocenters. The van der Waals surface area contributed by atoms with Crippen LogP contribution in [0.3, 0.4) is 0 Å². The van der Waals surface area contributed by atoms with Gasteiger partial charge in [0.1, 0.15) is 0 Å². The Morgan fingerprint density at radius 2 is 2.21 bits per heavy atom. The highest BCUT2D eigenvalue weighted by atomic mass is 32.1. The number of benzene rings is 1. The Balaban J connectivity index is 1.72. The summed E-state index contributed by atoms with van der Waals surface area (Å²) >= 11 is 1.79. The lowest BCUT2D eigenvalue weighted by Crippen LogP contribution is -2.58. The summed E-state index contributed by atoms with van der Waals surface area (Å²) < 4.78 is 7.13. The van der Waals surface area contributed by atoms with Gasteiger partial charge in [0.05, 0.1) is 6.10 Å². The van der Waals surface area contributed by atoms with Crippen LogP contribution in [0.25, 0.3) is 10.1 Å². The van der Waals surface area contributed by atoms with Gasteiger partial charge in [-0.3, -0.25) is 0 Å². The molecule has 2 unspecified atom stereocenters. The highest BCUT2D eigenvalue weighted by Crippen LogP contribution is 2.44. The molecule has 102 valence electrons. The quantitative estimate of drug-likeness (QED) is 0.886. The monoisotopic (exact) mass is 275 g/mol. The predicted molar refractivity (Wildman–Crippen MR) is 83.0 cm³/mol. The van der Waals surface area contributed by atoms with Gasteiger partial charge in [0.2, 0.25) is 0 Å². The van der Waals surface area contributed by atoms with Gasteiger partial charge in [0.25, 0.3) is 0 Å². The standard InChI is InChI=1S/C16H21NOS/c1-4-18-15-10-14(16(15,2)3)17-12-5-6-13-11(9-12)7-8-19-13/h5-9,14-15,17H,4,10H2,1-3H3. The molecule has 1 heterocycles. The summed E-state index contributed by atoms with van der Waals surface area (Å²) in [5, 5.41) is 7.14. The Morgan fingerprint density at radius 1 is 1.37 bits per heavy atom. The molecule has 2 nitrogen and oxygen atoms in total. The maximum atomic E-state index is 5.78. The molecule has 0 amide bonds. The Bertz CT molecular complexity index is 575. The summed E-state index contributed by atoms with van der Waals surface area (Å²) in [5.74, 6) is 0. The van der Waals surface area contributed by atoms with Gasteiger partial charge < -0.3 is 10.1 Å². The maximum Gasteiger partial charge on any atom is 0.0665 e. The van der Waals surface area contributed by atoms with Crippen LogP contribution in [0.2, 0.25) is 0 Å². The first-order valence-electron chi connectivity index (χ1n) is 6.96. The van der Waals surface area contributed by atoms with Gasteiger partial charge in [0, 0.05) is 28.5 Å². The number of anilines is 1. The summed E-state index contributed by atoms with van der Waals surface area (Å²) in [6, 6.07) is 9.31. The number of nitrogens with one attached hydrogen (secondary N) is 1. The van der Waals surface area contributed by atoms with Gasteiger partial charge in [-0.25, -0.2) is 0 Å². The van der Waals surface area contributed by atoms with Crippen LogP contribution in [0.5, 0.6) is 0 Å². The summed E-state index contributed by atoms with van der Waals surface area (Å²) in [4.78, 5) is 0. The first-order valence-corrected chi connectivity index (χ1v) is 7.84. The van der Waals surface area contributed by atoms with Crippen LogP contribution in [0.15, 0.2) is 29.6 Å². The Hall–Kier alpha value is -1.06. The third-order valence-corrected chi connectivity index (χ3v) is 5.24. The molecule has 0 radical (unpaired) electrons. The van der Waals surface area contributed by atoms with Crippen molar-refractivity contribution in [3.05, 3.63) is 29.6 Å². The van der Waals surface area contributed by atoms with Gasteiger partial charge in [0.15, 0.2) is 0 Å². The third kappa shape index (κ3) is 2.26. The minimum atomic E-state index is 0.208. The fourth-order valence-electron chi connectivity index (χ4n) is 2.87. The molecule has 1 aromatic carbocycles. The zero-order valence-corrected chi connectivity index (χ0v) is 12.6. The summed E-state index contributed by atoms with van der Waals surface area (Å²) in [6.45, 7) is 7.46. The van der Waals surface area contributed by atoms with E-state index < -0.39 is 0 Å². The van der Waals surface area contributed by atoms with Crippen molar-refractivity contribution in [1.82, 2.24) is 0 Å². The molecule has 3 rings (SSSR count). The van der Waals surface area contributed by atoms with Crippen molar-refractivity contribution in [3.63, 3.8) is 0 Å². The van der Waals surface area contributed by atoms with Crippen molar-refractivity contribution in [2.75, 3.05) is 11.9 Å². The van der Waals surface area contributed by atoms with Crippen molar-refractivity contribution >= 4 is 27.1 Å². The van der Waals surface area contributed by atoms with E-state index in [2.05, 4.69) is 55.7 Å². The molecule has 1 fully saturated rings. The topological polar surface area (TPSA) is 21.3 Å². The van der Waals surface area contributed by atoms with Crippen LogP contribution in [0, 0.1) is 5.41 Å². The van der Waals surface area contributed by atoms with Crippen molar-refractivity contribution < 1.29 is 4.74 Å². The zero-order chi connectivity index (χ0) is 13.5. The fourth-order valence-corrected chi connectivity index (χ4v) is 3.64. The molecule has 1 aromatic heterocycles. The van der Waals surface area contributed by atoms with Crippen LogP contribution in [0.1, 0.15) is 27.2 Å². The molecule has 1 aliphatic rings. The smallest absolute Gasteiger partial charge is 0.0665 e. The van der Waals surface area contributed by atoms with Crippen LogP contribution in [0.4, 0.5) is 5.69 Å². The molecular weight excluding hydrogens is 254 g/mol. The number of hydrogen-bond acceptors (Lipinski definition) is 3. The van der Waals surface area contributed by atoms with Gasteiger partial charge in [-0.2, -0.15) is 0 Å². The SMILES string of the molecule is CCOC1CC(Nc2ccc3sccc3c2)C1(C)C. The zero-order valence-electron chi connectivity index (χ0n) is 11.8. The van der Waals surface area contributed by atoms with Crippen molar-refractivity contribution in [2.24, 2.45) is 5.41 Å². The number of hydrogen-bond donors (Lipinski definition) is 1. The highest BCUT2D eigenvalue weighted by molar-refractivity contribution is 7.17. The molecule has 19 heavy (non-hydrogen) atoms. The number of rotatable bonds is 4. The minimum absolute atomic E-state index is 0.208. The molecule has 1 N–H and O–H groups in total. The first kappa shape index (κ1) is 12.9. The fraction of sp³-hybridized carbons (Fsp3) is 0.500. The van der Waals surface area contributed by atoms with Gasteiger partial charge in [-0.05, 0) is 48.4 Å². The summed E-state index contributed by atoms with van der Waals surface area (Å²) in [7, 11) is 0. The number of ether oxygens (including phenoxy) is 1. The molecule has 1 saturated carbocycles. The van der Waals surface area contributed by atoms with E-state index in [-0.39, 0.29) is 5.41 Å². The first-order chi connectivity index (χ1) is 9.11. The minimum Gasteiger partial charge on any atom is -0.382 e. The molecule has 0 bridgehead atoms. The second-order valence-corrected chi connectivity index (χ2v) is 6.82. The van der Waals surface area contributed by atoms with Gasteiger partial charge in [-0.15, -0.1) is 11.3 Å². The van der Waals surface area contributed by atoms with Crippen molar-refractivity contribution in [1.29, 1.82) is 0 Å². The van der Waals surface area contributed by atoms with Crippen LogP contribution in [-0.2, 0) is 4.74 Å². The molecule has 3 heteroatoms. The average molecular weight is 275 g/mol. The molecule has 0 spiro atoms. The van der Waals surface area contributed by atoms with E-state index in [4.69, 9.17) is 4.74 Å². The maximum absolute atomic E-state index is 5.78. The van der Waals surface area contributed by atoms with Crippen LogP contribution in [-0.4, -0.2) is 18.8 Å². The van der Waals surface area contributed by atoms with Gasteiger partial charge in [-0.1, -0.05) is 13.8 Å². The summed E-state index contributed by atoms with van der Waals surface area (Å²) in [6.07, 6.45) is 1.49. The van der Waals surface area contributed by atoms with E-state index in [0.717, 1.165) is 13.0 Å². The van der Waals surface area contributed by atoms with E-state index in [1.165, 1.54) is 15.8 Å². The second-order valence-electron chi connectivity index (χ2n) is 5.87. The largest absolute Gasteiger partial charge is 0.382 e. The molecule has 0 aliphatic heterocycles. The van der Waals surface area contributed by atoms with Crippen LogP contribution < -0.4 is 5.32 Å². The number of thiophene rings is 1. The number of fused-ring (bicyclic) bond motifs is 1. The van der Waals surface area contributed by atoms with E-state index in [9.17, 15) is 0 Å². The lowest BCUT2D eigenvalue weighted by atomic mass is 9.64. The van der Waals surface area contributed by atoms with E-state index in [0.29, 0.717) is 12.1 Å². The van der Waals surface area contributed by atoms with E-state index in [1.54, 1.807) is 11.3 Å². The third-order valence-electron chi connectivity index (χ3n) is 4.34. The normalized spacial score (nSPS) is 25.2. The molecule has 2 aromatic rings. The molecule has 0 saturated heterocycles. The van der Waals surface area contributed by atoms with E-state index in [1.807, 2.05) is 0 Å². The Labute approximate surface area is 118 Å². The lowest BCUT2D eigenvalue weighted by Gasteiger charge is -2.52. The molecular formula is C16H21NOS.